The summed E-state index contributed by atoms with van der Waals surface area (Å²) in [6.45, 7) is 8.02. The number of Topliss-reactive ketones (excluding diaryl/α,β-unsaturated/α-hetero) is 1. The number of likely N-dealkylation sites (N-methyl/N-ethyl adjacent to an activating group) is 1. The van der Waals surface area contributed by atoms with Crippen LogP contribution in [0.25, 0.3) is 0 Å². The van der Waals surface area contributed by atoms with Crippen LogP contribution in [0.3, 0.4) is 0 Å². The molecule has 42 heavy (non-hydrogen) atoms. The number of piperazine rings is 1. The molecule has 6 rings (SSSR count). The van der Waals surface area contributed by atoms with Gasteiger partial charge in [-0.2, -0.15) is 5.26 Å². The van der Waals surface area contributed by atoms with Gasteiger partial charge >= 0.3 is 0 Å². The van der Waals surface area contributed by atoms with Crippen molar-refractivity contribution in [1.29, 1.82) is 5.26 Å². The summed E-state index contributed by atoms with van der Waals surface area (Å²) in [6, 6.07) is 2.63. The largest absolute Gasteiger partial charge is 0.504 e. The van der Waals surface area contributed by atoms with E-state index in [0.717, 1.165) is 38.9 Å². The average Bonchev–Trinajstić information content (AvgIpc) is 3.44. The SMILES string of the molecule is COc1c(C)cc2c(c1O)[C@H]1[C@@H]3[C@H](SCC(C)=O)c4c(C)c(C)c5c(c4[C@H](COC=O)N3[C@@H](C#N)[C@@H](C2)N1C)OCO5. The number of nitrogens with zero attached hydrogens (tertiary/aromatic N) is 3. The van der Waals surface area contributed by atoms with Crippen LogP contribution < -0.4 is 14.2 Å². The Morgan fingerprint density at radius 2 is 1.95 bits per heavy atom. The van der Waals surface area contributed by atoms with Crippen molar-refractivity contribution in [3.63, 3.8) is 0 Å². The zero-order chi connectivity index (χ0) is 30.0. The Morgan fingerprint density at radius 1 is 1.21 bits per heavy atom. The fourth-order valence-corrected chi connectivity index (χ4v) is 9.10. The number of thioether (sulfide) groups is 1. The number of carbonyl (C=O) groups excluding carboxylic acids is 2. The summed E-state index contributed by atoms with van der Waals surface area (Å²) in [7, 11) is 3.55. The first-order chi connectivity index (χ1) is 20.2. The molecule has 0 unspecified atom stereocenters. The van der Waals surface area contributed by atoms with E-state index in [4.69, 9.17) is 18.9 Å². The van der Waals surface area contributed by atoms with E-state index in [2.05, 4.69) is 21.9 Å². The van der Waals surface area contributed by atoms with Gasteiger partial charge in [0, 0.05) is 28.5 Å². The molecule has 1 N–H and O–H groups in total. The molecule has 0 radical (unpaired) electrons. The van der Waals surface area contributed by atoms with Gasteiger partial charge in [-0.15, -0.1) is 11.8 Å². The lowest BCUT2D eigenvalue weighted by molar-refractivity contribution is -0.134. The van der Waals surface area contributed by atoms with Crippen molar-refractivity contribution in [1.82, 2.24) is 9.80 Å². The Morgan fingerprint density at radius 3 is 2.62 bits per heavy atom. The number of aromatic hydroxyl groups is 1. The van der Waals surface area contributed by atoms with Crippen LogP contribution >= 0.6 is 11.8 Å². The Kier molecular flexibility index (Phi) is 7.28. The number of hydrogen-bond donors (Lipinski definition) is 1. The normalized spacial score (nSPS) is 27.4. The van der Waals surface area contributed by atoms with Crippen molar-refractivity contribution in [2.24, 2.45) is 0 Å². The minimum absolute atomic E-state index is 0.00673. The number of rotatable bonds is 7. The van der Waals surface area contributed by atoms with Crippen LogP contribution in [0.5, 0.6) is 23.0 Å². The molecule has 4 aliphatic rings. The first-order valence-corrected chi connectivity index (χ1v) is 15.1. The highest BCUT2D eigenvalue weighted by atomic mass is 32.2. The molecule has 4 heterocycles. The number of hydrogen-bond acceptors (Lipinski definition) is 11. The molecule has 222 valence electrons. The molecule has 1 saturated heterocycles. The van der Waals surface area contributed by atoms with Crippen LogP contribution in [0.4, 0.5) is 0 Å². The van der Waals surface area contributed by atoms with Gasteiger partial charge in [-0.1, -0.05) is 6.07 Å². The molecule has 0 spiro atoms. The van der Waals surface area contributed by atoms with Crippen LogP contribution in [0.15, 0.2) is 6.07 Å². The second-order valence-corrected chi connectivity index (χ2v) is 12.7. The number of carbonyl (C=O) groups is 2. The van der Waals surface area contributed by atoms with E-state index < -0.39 is 12.1 Å². The number of ether oxygens (including phenoxy) is 4. The zero-order valence-corrected chi connectivity index (χ0v) is 25.4. The van der Waals surface area contributed by atoms with Gasteiger partial charge < -0.3 is 24.1 Å². The summed E-state index contributed by atoms with van der Waals surface area (Å²) in [5.74, 6) is 2.08. The molecule has 4 aliphatic heterocycles. The number of benzene rings is 2. The van der Waals surface area contributed by atoms with Crippen LogP contribution in [-0.4, -0.2) is 78.6 Å². The van der Waals surface area contributed by atoms with Gasteiger partial charge in [-0.3, -0.25) is 19.4 Å². The molecule has 2 aromatic rings. The molecule has 2 bridgehead atoms. The van der Waals surface area contributed by atoms with Crippen molar-refractivity contribution in [3.8, 4) is 29.1 Å². The van der Waals surface area contributed by atoms with E-state index in [1.807, 2.05) is 27.8 Å². The molecule has 0 aliphatic carbocycles. The van der Waals surface area contributed by atoms with E-state index in [0.29, 0.717) is 30.1 Å². The van der Waals surface area contributed by atoms with Crippen molar-refractivity contribution >= 4 is 24.0 Å². The molecule has 6 atom stereocenters. The quantitative estimate of drug-likeness (QED) is 0.472. The number of nitriles is 1. The minimum atomic E-state index is -0.581. The summed E-state index contributed by atoms with van der Waals surface area (Å²) >= 11 is 1.53. The van der Waals surface area contributed by atoms with Crippen molar-refractivity contribution in [2.75, 3.05) is 33.3 Å². The predicted molar refractivity (Wildman–Crippen MR) is 155 cm³/mol. The smallest absolute Gasteiger partial charge is 0.293 e. The monoisotopic (exact) mass is 593 g/mol. The maximum atomic E-state index is 12.4. The molecular formula is C31H35N3O7S. The lowest BCUT2D eigenvalue weighted by Crippen LogP contribution is -2.69. The fraction of sp³-hybridized carbons (Fsp3) is 0.516. The number of fused-ring (bicyclic) bond motifs is 9. The van der Waals surface area contributed by atoms with Crippen molar-refractivity contribution in [3.05, 3.63) is 45.0 Å². The molecule has 0 saturated carbocycles. The number of phenols is 1. The number of methoxy groups -OCH3 is 1. The van der Waals surface area contributed by atoms with Gasteiger partial charge in [-0.05, 0) is 69.0 Å². The topological polar surface area (TPSA) is 122 Å². The Labute approximate surface area is 249 Å². The summed E-state index contributed by atoms with van der Waals surface area (Å²) < 4.78 is 23.1. The maximum absolute atomic E-state index is 12.4. The minimum Gasteiger partial charge on any atom is -0.504 e. The Hall–Kier alpha value is -3.46. The summed E-state index contributed by atoms with van der Waals surface area (Å²) in [4.78, 5) is 28.3. The summed E-state index contributed by atoms with van der Waals surface area (Å²) in [6.07, 6.45) is 0.548. The first kappa shape index (κ1) is 28.6. The van der Waals surface area contributed by atoms with E-state index in [-0.39, 0.29) is 54.1 Å². The second-order valence-electron chi connectivity index (χ2n) is 11.6. The zero-order valence-electron chi connectivity index (χ0n) is 24.6. The van der Waals surface area contributed by atoms with E-state index in [1.165, 1.54) is 11.8 Å². The maximum Gasteiger partial charge on any atom is 0.293 e. The molecule has 0 amide bonds. The van der Waals surface area contributed by atoms with Crippen LogP contribution in [0.2, 0.25) is 0 Å². The van der Waals surface area contributed by atoms with Gasteiger partial charge in [0.2, 0.25) is 6.79 Å². The third kappa shape index (κ3) is 3.99. The highest BCUT2D eigenvalue weighted by molar-refractivity contribution is 8.00. The van der Waals surface area contributed by atoms with Crippen molar-refractivity contribution < 1.29 is 33.6 Å². The third-order valence-corrected chi connectivity index (χ3v) is 10.9. The van der Waals surface area contributed by atoms with E-state index >= 15 is 0 Å². The molecule has 11 heteroatoms. The van der Waals surface area contributed by atoms with Gasteiger partial charge in [-0.25, -0.2) is 0 Å². The molecule has 0 aromatic heterocycles. The lowest BCUT2D eigenvalue weighted by atomic mass is 9.71. The van der Waals surface area contributed by atoms with Gasteiger partial charge in [0.15, 0.2) is 23.0 Å². The summed E-state index contributed by atoms with van der Waals surface area (Å²) in [5, 5.41) is 22.2. The van der Waals surface area contributed by atoms with E-state index in [9.17, 15) is 20.0 Å². The van der Waals surface area contributed by atoms with Crippen LogP contribution in [0.1, 0.15) is 63.2 Å². The highest BCUT2D eigenvalue weighted by Gasteiger charge is 2.59. The Balaban J connectivity index is 1.68. The molecule has 10 nitrogen and oxygen atoms in total. The summed E-state index contributed by atoms with van der Waals surface area (Å²) in [5.41, 5.74) is 6.36. The van der Waals surface area contributed by atoms with Gasteiger partial charge in [0.25, 0.3) is 6.47 Å². The van der Waals surface area contributed by atoms with E-state index in [1.54, 1.807) is 14.0 Å². The van der Waals surface area contributed by atoms with Gasteiger partial charge in [0.1, 0.15) is 18.4 Å². The Bertz CT molecular complexity index is 1520. The predicted octanol–water partition coefficient (Wildman–Crippen LogP) is 3.82. The highest BCUT2D eigenvalue weighted by Crippen LogP contribution is 2.62. The molecule has 1 fully saturated rings. The fourth-order valence-electron chi connectivity index (χ4n) is 7.73. The second kappa shape index (κ2) is 10.7. The lowest BCUT2D eigenvalue weighted by Gasteiger charge is -2.61. The van der Waals surface area contributed by atoms with Crippen molar-refractivity contribution in [2.45, 2.75) is 69.6 Å². The number of aryl methyl sites for hydroxylation is 1. The van der Waals surface area contributed by atoms with Crippen LogP contribution in [-0.2, 0) is 20.7 Å². The first-order valence-electron chi connectivity index (χ1n) is 14.0. The molecule has 2 aromatic carbocycles. The number of phenolic OH excluding ortho intramolecular Hbond substituents is 1. The number of ketones is 1. The third-order valence-electron chi connectivity index (χ3n) is 9.47. The molecular weight excluding hydrogens is 558 g/mol. The average molecular weight is 594 g/mol. The van der Waals surface area contributed by atoms with Crippen LogP contribution in [0, 0.1) is 32.1 Å². The standard InChI is InChI=1S/C31H35N3O7S/c1-14-7-18-8-19-20(9-32)34-21(10-39-12-35)24-22(16(3)17(4)29-30(24)41-13-40-29)31(42-11-15(2)36)26(34)25(33(19)5)23(18)27(37)28(14)38-6/h7,12,19-21,25-26,31,37H,8,10-11,13H2,1-6H3/t19-,20+,21+,25+,26-,31-/m1/s1. The van der Waals surface area contributed by atoms with Gasteiger partial charge in [0.05, 0.1) is 31.0 Å².